The Balaban J connectivity index is 1.52. The molecule has 0 bridgehead atoms. The molecule has 1 spiro atoms. The number of hydrogen-bond acceptors (Lipinski definition) is 5. The molecule has 174 valence electrons. The highest BCUT2D eigenvalue weighted by atomic mass is 35.5. The molecule has 1 saturated carbocycles. The molecule has 2 heterocycles. The number of Topliss-reactive ketones (excluding diaryl/α,β-unsaturated/α-hetero) is 2. The number of carbonyl (C=O) groups excluding carboxylic acids is 4. The van der Waals surface area contributed by atoms with E-state index >= 15 is 0 Å². The zero-order chi connectivity index (χ0) is 23.8. The second kappa shape index (κ2) is 7.74. The second-order valence-corrected chi connectivity index (χ2v) is 10.3. The van der Waals surface area contributed by atoms with Crippen LogP contribution in [0.2, 0.25) is 10.0 Å². The lowest BCUT2D eigenvalue weighted by atomic mass is 9.77. The van der Waals surface area contributed by atoms with Gasteiger partial charge in [-0.1, -0.05) is 72.8 Å². The fourth-order valence-electron chi connectivity index (χ4n) is 6.25. The number of carbonyl (C=O) groups is 4. The normalized spacial score (nSPS) is 28.2. The molecule has 34 heavy (non-hydrogen) atoms. The summed E-state index contributed by atoms with van der Waals surface area (Å²) < 4.78 is 6.27. The lowest BCUT2D eigenvalue weighted by Crippen LogP contribution is -2.52. The Morgan fingerprint density at radius 3 is 2.12 bits per heavy atom. The Labute approximate surface area is 206 Å². The highest BCUT2D eigenvalue weighted by Crippen LogP contribution is 2.58. The minimum atomic E-state index is -2.07. The molecule has 2 aliphatic carbocycles. The van der Waals surface area contributed by atoms with Crippen molar-refractivity contribution in [1.29, 1.82) is 0 Å². The number of fused-ring (bicyclic) bond motifs is 3. The van der Waals surface area contributed by atoms with Gasteiger partial charge in [0.2, 0.25) is 29.0 Å². The molecule has 0 N–H and O–H groups in total. The van der Waals surface area contributed by atoms with Crippen molar-refractivity contribution < 1.29 is 23.9 Å². The van der Waals surface area contributed by atoms with Crippen LogP contribution in [-0.4, -0.2) is 39.9 Å². The number of benzene rings is 2. The molecule has 2 saturated heterocycles. The molecule has 0 aromatic heterocycles. The molecule has 3 atom stereocenters. The van der Waals surface area contributed by atoms with Crippen molar-refractivity contribution in [2.45, 2.75) is 49.9 Å². The Bertz CT molecular complexity index is 1230. The number of halogens is 2. The Morgan fingerprint density at radius 1 is 0.853 bits per heavy atom. The third-order valence-electron chi connectivity index (χ3n) is 7.76. The molecular formula is C26H21Cl2NO5. The fourth-order valence-corrected chi connectivity index (χ4v) is 6.77. The average molecular weight is 498 g/mol. The standard InChI is InChI=1S/C26H21Cl2NO5/c27-13-10-11-17(18(28)12-13)21-19-20(25(33)29(24(19)32)14-6-2-1-3-7-14)26(34-21)22(30)15-8-4-5-9-16(15)23(26)31/h4-5,8-12,14,19-21H,1-3,6-7H2/t19-,20+,21+/m0/s1. The first kappa shape index (κ1) is 22.0. The van der Waals surface area contributed by atoms with Crippen molar-refractivity contribution in [1.82, 2.24) is 4.90 Å². The molecule has 6 nitrogen and oxygen atoms in total. The van der Waals surface area contributed by atoms with Gasteiger partial charge < -0.3 is 4.74 Å². The van der Waals surface area contributed by atoms with Gasteiger partial charge in [-0.3, -0.25) is 24.1 Å². The lowest BCUT2D eigenvalue weighted by Gasteiger charge is -2.33. The predicted molar refractivity (Wildman–Crippen MR) is 124 cm³/mol. The summed E-state index contributed by atoms with van der Waals surface area (Å²) in [5.41, 5.74) is -1.21. The quantitative estimate of drug-likeness (QED) is 0.438. The first-order valence-corrected chi connectivity index (χ1v) is 12.3. The Hall–Kier alpha value is -2.54. The molecular weight excluding hydrogens is 477 g/mol. The molecule has 2 aliphatic heterocycles. The summed E-state index contributed by atoms with van der Waals surface area (Å²) in [6.45, 7) is 0. The van der Waals surface area contributed by atoms with Crippen molar-refractivity contribution in [3.05, 3.63) is 69.2 Å². The molecule has 2 aromatic rings. The largest absolute Gasteiger partial charge is 0.349 e. The van der Waals surface area contributed by atoms with Crippen molar-refractivity contribution in [3.8, 4) is 0 Å². The summed E-state index contributed by atoms with van der Waals surface area (Å²) in [6, 6.07) is 11.0. The van der Waals surface area contributed by atoms with Crippen molar-refractivity contribution in [2.24, 2.45) is 11.8 Å². The third kappa shape index (κ3) is 2.79. The molecule has 4 aliphatic rings. The molecule has 0 radical (unpaired) electrons. The summed E-state index contributed by atoms with van der Waals surface area (Å²) in [4.78, 5) is 56.5. The van der Waals surface area contributed by atoms with Crippen LogP contribution in [0.4, 0.5) is 0 Å². The van der Waals surface area contributed by atoms with Gasteiger partial charge in [-0.15, -0.1) is 0 Å². The maximum absolute atomic E-state index is 13.9. The van der Waals surface area contributed by atoms with Crippen LogP contribution in [0.25, 0.3) is 0 Å². The summed E-state index contributed by atoms with van der Waals surface area (Å²) in [7, 11) is 0. The fraction of sp³-hybridized carbons (Fsp3) is 0.385. The molecule has 6 rings (SSSR count). The molecule has 3 fully saturated rings. The summed E-state index contributed by atoms with van der Waals surface area (Å²) in [6.07, 6.45) is 3.32. The van der Waals surface area contributed by atoms with E-state index in [1.165, 1.54) is 11.0 Å². The van der Waals surface area contributed by atoms with Gasteiger partial charge in [0.15, 0.2) is 0 Å². The zero-order valence-corrected chi connectivity index (χ0v) is 19.6. The number of ketones is 2. The van der Waals surface area contributed by atoms with Crippen molar-refractivity contribution >= 4 is 46.6 Å². The third-order valence-corrected chi connectivity index (χ3v) is 8.32. The minimum Gasteiger partial charge on any atom is -0.349 e. The van der Waals surface area contributed by atoms with E-state index in [2.05, 4.69) is 0 Å². The van der Waals surface area contributed by atoms with E-state index < -0.39 is 46.9 Å². The van der Waals surface area contributed by atoms with E-state index in [0.717, 1.165) is 32.1 Å². The number of likely N-dealkylation sites (tertiary alicyclic amines) is 1. The Kier molecular flexibility index (Phi) is 5.00. The first-order valence-electron chi connectivity index (χ1n) is 11.5. The molecule has 8 heteroatoms. The number of nitrogens with zero attached hydrogens (tertiary/aromatic N) is 1. The van der Waals surface area contributed by atoms with Gasteiger partial charge in [0.1, 0.15) is 0 Å². The predicted octanol–water partition coefficient (Wildman–Crippen LogP) is 4.82. The van der Waals surface area contributed by atoms with E-state index in [-0.39, 0.29) is 22.2 Å². The highest BCUT2D eigenvalue weighted by molar-refractivity contribution is 6.36. The molecule has 0 unspecified atom stereocenters. The van der Waals surface area contributed by atoms with E-state index in [0.29, 0.717) is 10.6 Å². The average Bonchev–Trinajstić information content (AvgIpc) is 3.40. The summed E-state index contributed by atoms with van der Waals surface area (Å²) in [5.74, 6) is -4.28. The number of rotatable bonds is 2. The molecule has 2 aromatic carbocycles. The van der Waals surface area contributed by atoms with Crippen LogP contribution in [-0.2, 0) is 14.3 Å². The van der Waals surface area contributed by atoms with Crippen LogP contribution in [0.5, 0.6) is 0 Å². The van der Waals surface area contributed by atoms with Crippen LogP contribution in [0, 0.1) is 11.8 Å². The molecule has 2 amide bonds. The van der Waals surface area contributed by atoms with Gasteiger partial charge >= 0.3 is 0 Å². The number of hydrogen-bond donors (Lipinski definition) is 0. The lowest BCUT2D eigenvalue weighted by molar-refractivity contribution is -0.148. The number of amides is 2. The second-order valence-electron chi connectivity index (χ2n) is 9.49. The van der Waals surface area contributed by atoms with Gasteiger partial charge in [0, 0.05) is 32.8 Å². The van der Waals surface area contributed by atoms with Crippen LogP contribution >= 0.6 is 23.2 Å². The SMILES string of the molecule is O=C1[C@@H]2[C@@H](c3ccc(Cl)cc3Cl)OC3(C(=O)c4ccccc4C3=O)[C@H]2C(=O)N1C1CCCCC1. The summed E-state index contributed by atoms with van der Waals surface area (Å²) in [5, 5.41) is 0.649. The van der Waals surface area contributed by atoms with Crippen LogP contribution in [0.1, 0.15) is 64.5 Å². The first-order chi connectivity index (χ1) is 16.4. The van der Waals surface area contributed by atoms with Crippen molar-refractivity contribution in [3.63, 3.8) is 0 Å². The van der Waals surface area contributed by atoms with Crippen LogP contribution in [0.15, 0.2) is 42.5 Å². The Morgan fingerprint density at radius 2 is 1.50 bits per heavy atom. The maximum atomic E-state index is 13.9. The smallest absolute Gasteiger partial charge is 0.237 e. The van der Waals surface area contributed by atoms with Crippen molar-refractivity contribution in [2.75, 3.05) is 0 Å². The van der Waals surface area contributed by atoms with Gasteiger partial charge in [-0.05, 0) is 25.0 Å². The van der Waals surface area contributed by atoms with E-state index in [4.69, 9.17) is 27.9 Å². The van der Waals surface area contributed by atoms with Gasteiger partial charge in [0.05, 0.1) is 17.9 Å². The number of imide groups is 1. The monoisotopic (exact) mass is 497 g/mol. The topological polar surface area (TPSA) is 80.8 Å². The minimum absolute atomic E-state index is 0.213. The van der Waals surface area contributed by atoms with E-state index in [1.54, 1.807) is 36.4 Å². The number of ether oxygens (including phenoxy) is 1. The summed E-state index contributed by atoms with van der Waals surface area (Å²) >= 11 is 12.6. The van der Waals surface area contributed by atoms with Gasteiger partial charge in [-0.25, -0.2) is 0 Å². The van der Waals surface area contributed by atoms with Gasteiger partial charge in [-0.2, -0.15) is 0 Å². The van der Waals surface area contributed by atoms with E-state index in [1.807, 2.05) is 0 Å². The van der Waals surface area contributed by atoms with Crippen LogP contribution < -0.4 is 0 Å². The highest BCUT2D eigenvalue weighted by Gasteiger charge is 2.75. The van der Waals surface area contributed by atoms with Gasteiger partial charge in [0.25, 0.3) is 0 Å². The zero-order valence-electron chi connectivity index (χ0n) is 18.1. The van der Waals surface area contributed by atoms with Crippen LogP contribution in [0.3, 0.4) is 0 Å². The van der Waals surface area contributed by atoms with E-state index in [9.17, 15) is 19.2 Å². The maximum Gasteiger partial charge on any atom is 0.237 e.